The monoisotopic (exact) mass is 730 g/mol. The van der Waals surface area contributed by atoms with Crippen LogP contribution in [-0.2, 0) is 0 Å². The summed E-state index contributed by atoms with van der Waals surface area (Å²) < 4.78 is 0. The largest absolute Gasteiger partial charge is 0.399 e. The number of nitrogens with two attached hydrogens (primary N) is 2. The van der Waals surface area contributed by atoms with Crippen LogP contribution in [-0.4, -0.2) is 0 Å². The van der Waals surface area contributed by atoms with Gasteiger partial charge in [0.25, 0.3) is 0 Å². The molecule has 2 fully saturated rings. The first-order chi connectivity index (χ1) is 27.6. The van der Waals surface area contributed by atoms with Gasteiger partial charge in [-0.3, -0.25) is 0 Å². The third-order valence-electron chi connectivity index (χ3n) is 12.4. The standard InChI is InChI=1S/C52H50N4/c53-45-25-29-47(30-26-45)55-49(39-13-5-1-6-14-39)33-43(34-50(55)40-15-7-2-8-16-40)37-21-23-38(24-22-37)44-35-51(41-17-9-3-10-18-41)56(48-31-27-46(54)28-32-48)52(36-44)42-19-11-4-12-20-42/h1-32,43-44,49-52H,33-36,53-54H2. The topological polar surface area (TPSA) is 58.5 Å². The molecule has 4 unspecified atom stereocenters. The molecule has 2 saturated heterocycles. The Labute approximate surface area is 332 Å². The summed E-state index contributed by atoms with van der Waals surface area (Å²) in [7, 11) is 0. The molecule has 0 saturated carbocycles. The van der Waals surface area contributed by atoms with E-state index in [2.05, 4.69) is 180 Å². The van der Waals surface area contributed by atoms with Gasteiger partial charge in [-0.15, -0.1) is 0 Å². The Morgan fingerprint density at radius 1 is 0.286 bits per heavy atom. The molecule has 4 nitrogen and oxygen atoms in total. The molecule has 0 radical (unpaired) electrons. The summed E-state index contributed by atoms with van der Waals surface area (Å²) in [5.74, 6) is 0.789. The van der Waals surface area contributed by atoms with Gasteiger partial charge in [0.1, 0.15) is 0 Å². The lowest BCUT2D eigenvalue weighted by molar-refractivity contribution is 0.349. The zero-order chi connectivity index (χ0) is 37.8. The van der Waals surface area contributed by atoms with Gasteiger partial charge in [-0.1, -0.05) is 146 Å². The molecule has 0 bridgehead atoms. The molecule has 2 heterocycles. The van der Waals surface area contributed by atoms with E-state index in [4.69, 9.17) is 11.5 Å². The number of hydrogen-bond donors (Lipinski definition) is 2. The van der Waals surface area contributed by atoms with Gasteiger partial charge in [0, 0.05) is 22.7 Å². The van der Waals surface area contributed by atoms with Crippen molar-refractivity contribution in [2.24, 2.45) is 0 Å². The Bertz CT molecular complexity index is 2030. The second kappa shape index (κ2) is 15.8. The van der Waals surface area contributed by atoms with Gasteiger partial charge in [0.05, 0.1) is 24.2 Å². The number of rotatable bonds is 8. The van der Waals surface area contributed by atoms with Crippen molar-refractivity contribution < 1.29 is 0 Å². The highest BCUT2D eigenvalue weighted by molar-refractivity contribution is 5.59. The van der Waals surface area contributed by atoms with Crippen LogP contribution in [0, 0.1) is 0 Å². The van der Waals surface area contributed by atoms with Crippen LogP contribution in [0.4, 0.5) is 22.7 Å². The Kier molecular flexibility index (Phi) is 10.0. The average molecular weight is 731 g/mol. The lowest BCUT2D eigenvalue weighted by Crippen LogP contribution is -2.39. The van der Waals surface area contributed by atoms with Crippen LogP contribution < -0.4 is 21.3 Å². The second-order valence-corrected chi connectivity index (χ2v) is 15.7. The Balaban J connectivity index is 1.07. The van der Waals surface area contributed by atoms with Gasteiger partial charge < -0.3 is 21.3 Å². The number of benzene rings is 7. The zero-order valence-electron chi connectivity index (χ0n) is 31.8. The molecule has 9 rings (SSSR count). The molecule has 4 atom stereocenters. The molecule has 2 aliphatic heterocycles. The fourth-order valence-electron chi connectivity index (χ4n) is 9.64. The maximum Gasteiger partial charge on any atom is 0.0554 e. The normalized spacial score (nSPS) is 22.4. The van der Waals surface area contributed by atoms with E-state index in [0.29, 0.717) is 11.8 Å². The molecule has 278 valence electrons. The zero-order valence-corrected chi connectivity index (χ0v) is 31.8. The van der Waals surface area contributed by atoms with Crippen molar-refractivity contribution in [1.29, 1.82) is 0 Å². The van der Waals surface area contributed by atoms with Gasteiger partial charge in [-0.2, -0.15) is 0 Å². The fourth-order valence-corrected chi connectivity index (χ4v) is 9.64. The Hall–Kier alpha value is -6.26. The van der Waals surface area contributed by atoms with Crippen molar-refractivity contribution in [3.05, 3.63) is 228 Å². The van der Waals surface area contributed by atoms with E-state index in [1.807, 2.05) is 24.3 Å². The maximum absolute atomic E-state index is 6.20. The van der Waals surface area contributed by atoms with Crippen LogP contribution in [0.15, 0.2) is 194 Å². The van der Waals surface area contributed by atoms with Gasteiger partial charge in [0.2, 0.25) is 0 Å². The number of anilines is 4. The van der Waals surface area contributed by atoms with Crippen molar-refractivity contribution in [3.63, 3.8) is 0 Å². The summed E-state index contributed by atoms with van der Waals surface area (Å²) in [5.41, 5.74) is 24.6. The summed E-state index contributed by atoms with van der Waals surface area (Å²) in [6.45, 7) is 0. The van der Waals surface area contributed by atoms with Crippen LogP contribution >= 0.6 is 0 Å². The van der Waals surface area contributed by atoms with Crippen LogP contribution in [0.2, 0.25) is 0 Å². The summed E-state index contributed by atoms with van der Waals surface area (Å²) in [6.07, 6.45) is 4.12. The minimum Gasteiger partial charge on any atom is -0.399 e. The van der Waals surface area contributed by atoms with Crippen molar-refractivity contribution >= 4 is 22.7 Å². The number of piperidine rings is 2. The third-order valence-corrected chi connectivity index (χ3v) is 12.4. The van der Waals surface area contributed by atoms with Gasteiger partial charge in [-0.25, -0.2) is 0 Å². The lowest BCUT2D eigenvalue weighted by Gasteiger charge is -2.48. The van der Waals surface area contributed by atoms with Crippen LogP contribution in [0.25, 0.3) is 0 Å². The summed E-state index contributed by atoms with van der Waals surface area (Å²) in [6, 6.07) is 71.8. The highest BCUT2D eigenvalue weighted by Crippen LogP contribution is 2.52. The van der Waals surface area contributed by atoms with Crippen molar-refractivity contribution in [2.75, 3.05) is 21.3 Å². The second-order valence-electron chi connectivity index (χ2n) is 15.7. The molecule has 2 aliphatic rings. The molecule has 7 aromatic carbocycles. The van der Waals surface area contributed by atoms with Crippen molar-refractivity contribution in [1.82, 2.24) is 0 Å². The van der Waals surface area contributed by atoms with E-state index in [1.54, 1.807) is 0 Å². The predicted molar refractivity (Wildman–Crippen MR) is 234 cm³/mol. The van der Waals surface area contributed by atoms with Crippen molar-refractivity contribution in [2.45, 2.75) is 61.7 Å². The predicted octanol–water partition coefficient (Wildman–Crippen LogP) is 12.6. The molecule has 0 spiro atoms. The molecule has 0 aromatic heterocycles. The number of nitrogens with zero attached hydrogens (tertiary/aromatic N) is 2. The van der Waals surface area contributed by atoms with E-state index in [-0.39, 0.29) is 24.2 Å². The van der Waals surface area contributed by atoms with E-state index < -0.39 is 0 Å². The third kappa shape index (κ3) is 7.27. The van der Waals surface area contributed by atoms with E-state index in [1.165, 1.54) is 44.8 Å². The quantitative estimate of drug-likeness (QED) is 0.153. The molecule has 56 heavy (non-hydrogen) atoms. The van der Waals surface area contributed by atoms with Crippen LogP contribution in [0.1, 0.15) is 95.1 Å². The van der Waals surface area contributed by atoms with E-state index in [0.717, 1.165) is 37.1 Å². The molecule has 0 amide bonds. The SMILES string of the molecule is Nc1ccc(N2C(c3ccccc3)CC(c3ccc(C4CC(c5ccccc5)N(c5ccc(N)cc5)C(c5ccccc5)C4)cc3)CC2c2ccccc2)cc1. The van der Waals surface area contributed by atoms with Crippen LogP contribution in [0.5, 0.6) is 0 Å². The number of nitrogen functional groups attached to an aromatic ring is 2. The smallest absolute Gasteiger partial charge is 0.0554 e. The Morgan fingerprint density at radius 2 is 0.536 bits per heavy atom. The van der Waals surface area contributed by atoms with Gasteiger partial charge >= 0.3 is 0 Å². The summed E-state index contributed by atoms with van der Waals surface area (Å²) in [4.78, 5) is 5.30. The lowest BCUT2D eigenvalue weighted by atomic mass is 9.75. The summed E-state index contributed by atoms with van der Waals surface area (Å²) in [5, 5.41) is 0. The molecular formula is C52H50N4. The summed E-state index contributed by atoms with van der Waals surface area (Å²) >= 11 is 0. The fraction of sp³-hybridized carbons (Fsp3) is 0.192. The molecule has 7 aromatic rings. The van der Waals surface area contributed by atoms with Crippen LogP contribution in [0.3, 0.4) is 0 Å². The molecular weight excluding hydrogens is 681 g/mol. The van der Waals surface area contributed by atoms with E-state index in [9.17, 15) is 0 Å². The minimum absolute atomic E-state index is 0.208. The highest BCUT2D eigenvalue weighted by atomic mass is 15.2. The van der Waals surface area contributed by atoms with Crippen molar-refractivity contribution in [3.8, 4) is 0 Å². The molecule has 4 N–H and O–H groups in total. The average Bonchev–Trinajstić information content (AvgIpc) is 3.27. The first kappa shape index (κ1) is 35.4. The number of hydrogen-bond acceptors (Lipinski definition) is 4. The van der Waals surface area contributed by atoms with Gasteiger partial charge in [-0.05, 0) is 119 Å². The highest BCUT2D eigenvalue weighted by Gasteiger charge is 2.40. The first-order valence-corrected chi connectivity index (χ1v) is 20.2. The molecule has 4 heteroatoms. The molecule has 0 aliphatic carbocycles. The Morgan fingerprint density at radius 3 is 0.786 bits per heavy atom. The van der Waals surface area contributed by atoms with Gasteiger partial charge in [0.15, 0.2) is 0 Å². The van der Waals surface area contributed by atoms with E-state index >= 15 is 0 Å². The first-order valence-electron chi connectivity index (χ1n) is 20.2. The minimum atomic E-state index is 0.208. The maximum atomic E-state index is 6.20.